The van der Waals surface area contributed by atoms with Crippen LogP contribution in [-0.2, 0) is 32.7 Å². The minimum atomic E-state index is -4.30. The number of hydrogen-bond acceptors (Lipinski definition) is 7. The van der Waals surface area contributed by atoms with Gasteiger partial charge < -0.3 is 14.4 Å². The van der Waals surface area contributed by atoms with Crippen molar-refractivity contribution < 1.29 is 37.6 Å². The Balaban J connectivity index is 4.28. The third-order valence-corrected chi connectivity index (χ3v) is 8.74. The molecule has 0 heterocycles. The molecular formula is C40H71O8P. The Morgan fingerprint density at radius 1 is 0.551 bits per heavy atom. The summed E-state index contributed by atoms with van der Waals surface area (Å²) in [6.07, 6.45) is 39.3. The highest BCUT2D eigenvalue weighted by atomic mass is 31.2. The monoisotopic (exact) mass is 710 g/mol. The first-order valence-electron chi connectivity index (χ1n) is 19.4. The number of carbonyl (C=O) groups excluding carboxylic acids is 2. The number of phosphoric acid groups is 1. The van der Waals surface area contributed by atoms with E-state index in [1.807, 2.05) is 6.92 Å². The summed E-state index contributed by atoms with van der Waals surface area (Å²) in [5.74, 6) is -0.830. The molecule has 0 radical (unpaired) electrons. The van der Waals surface area contributed by atoms with E-state index in [2.05, 4.69) is 62.5 Å². The average Bonchev–Trinajstić information content (AvgIpc) is 3.08. The van der Waals surface area contributed by atoms with Crippen molar-refractivity contribution in [1.29, 1.82) is 0 Å². The van der Waals surface area contributed by atoms with Gasteiger partial charge in [-0.3, -0.25) is 18.6 Å². The fourth-order valence-corrected chi connectivity index (χ4v) is 5.70. The molecule has 1 unspecified atom stereocenters. The molecule has 0 aliphatic rings. The van der Waals surface area contributed by atoms with E-state index < -0.39 is 26.5 Å². The first-order chi connectivity index (χ1) is 23.8. The maximum Gasteiger partial charge on any atom is 0.472 e. The predicted molar refractivity (Wildman–Crippen MR) is 202 cm³/mol. The van der Waals surface area contributed by atoms with Gasteiger partial charge in [-0.1, -0.05) is 127 Å². The van der Waals surface area contributed by atoms with Crippen molar-refractivity contribution in [3.63, 3.8) is 0 Å². The second kappa shape index (κ2) is 35.8. The lowest BCUT2D eigenvalue weighted by Gasteiger charge is -2.20. The molecule has 8 nitrogen and oxygen atoms in total. The van der Waals surface area contributed by atoms with Crippen LogP contribution in [0.4, 0.5) is 0 Å². The van der Waals surface area contributed by atoms with Crippen molar-refractivity contribution in [3.8, 4) is 0 Å². The summed E-state index contributed by atoms with van der Waals surface area (Å²) in [5.41, 5.74) is 0. The Hall–Kier alpha value is -1.99. The number of ether oxygens (including phenoxy) is 2. The van der Waals surface area contributed by atoms with Crippen LogP contribution in [0.25, 0.3) is 0 Å². The number of allylic oxidation sites excluding steroid dienone is 8. The Bertz CT molecular complexity index is 943. The van der Waals surface area contributed by atoms with Gasteiger partial charge in [-0.2, -0.15) is 0 Å². The van der Waals surface area contributed by atoms with Crippen molar-refractivity contribution >= 4 is 19.8 Å². The van der Waals surface area contributed by atoms with E-state index >= 15 is 0 Å². The quantitative estimate of drug-likeness (QED) is 0.0300. The first kappa shape index (κ1) is 47.0. The standard InChI is InChI=1S/C40H71O8P/c1-4-7-9-11-13-15-17-19-20-22-24-26-28-30-32-34-40(42)48-38(37-47-49(43,44)46-35-6-3)36-45-39(41)33-31-29-27-25-23-21-18-16-14-12-10-8-5-2/h10,12-13,15-16,18-20,38H,4-9,11,14,17,21-37H2,1-3H3,(H,43,44)/b12-10-,15-13-,18-16-,20-19-/t38-/m1/s1. The molecule has 1 N–H and O–H groups in total. The summed E-state index contributed by atoms with van der Waals surface area (Å²) >= 11 is 0. The van der Waals surface area contributed by atoms with Gasteiger partial charge in [-0.15, -0.1) is 0 Å². The van der Waals surface area contributed by atoms with Crippen molar-refractivity contribution in [2.75, 3.05) is 19.8 Å². The van der Waals surface area contributed by atoms with E-state index in [1.54, 1.807) is 0 Å². The second-order valence-corrected chi connectivity index (χ2v) is 14.1. The van der Waals surface area contributed by atoms with Crippen LogP contribution in [0.5, 0.6) is 0 Å². The van der Waals surface area contributed by atoms with E-state index in [1.165, 1.54) is 32.1 Å². The van der Waals surface area contributed by atoms with Crippen LogP contribution < -0.4 is 0 Å². The molecule has 0 spiro atoms. The second-order valence-electron chi connectivity index (χ2n) is 12.6. The van der Waals surface area contributed by atoms with Crippen LogP contribution in [-0.4, -0.2) is 42.8 Å². The molecule has 0 aliphatic carbocycles. The van der Waals surface area contributed by atoms with E-state index in [9.17, 15) is 19.0 Å². The molecule has 0 rings (SSSR count). The van der Waals surface area contributed by atoms with Gasteiger partial charge in [0.05, 0.1) is 13.2 Å². The van der Waals surface area contributed by atoms with E-state index in [0.717, 1.165) is 89.9 Å². The Kier molecular flexibility index (Phi) is 34.4. The molecule has 0 amide bonds. The maximum absolute atomic E-state index is 12.5. The predicted octanol–water partition coefficient (Wildman–Crippen LogP) is 11.8. The molecule has 9 heteroatoms. The number of esters is 2. The van der Waals surface area contributed by atoms with Gasteiger partial charge in [0, 0.05) is 12.8 Å². The molecule has 0 aromatic rings. The van der Waals surface area contributed by atoms with Gasteiger partial charge >= 0.3 is 19.8 Å². The lowest BCUT2D eigenvalue weighted by molar-refractivity contribution is -0.161. The molecular weight excluding hydrogens is 639 g/mol. The van der Waals surface area contributed by atoms with Crippen LogP contribution in [0, 0.1) is 0 Å². The lowest BCUT2D eigenvalue weighted by atomic mass is 10.1. The molecule has 0 saturated heterocycles. The molecule has 284 valence electrons. The number of rotatable bonds is 35. The van der Waals surface area contributed by atoms with Crippen molar-refractivity contribution in [3.05, 3.63) is 48.6 Å². The molecule has 0 fully saturated rings. The highest BCUT2D eigenvalue weighted by Gasteiger charge is 2.25. The summed E-state index contributed by atoms with van der Waals surface area (Å²) in [6.45, 7) is 5.64. The van der Waals surface area contributed by atoms with Gasteiger partial charge in [0.2, 0.25) is 0 Å². The summed E-state index contributed by atoms with van der Waals surface area (Å²) in [6, 6.07) is 0. The van der Waals surface area contributed by atoms with E-state index in [-0.39, 0.29) is 32.0 Å². The smallest absolute Gasteiger partial charge is 0.462 e. The van der Waals surface area contributed by atoms with Crippen molar-refractivity contribution in [1.82, 2.24) is 0 Å². The molecule has 2 atom stereocenters. The Morgan fingerprint density at radius 2 is 1.04 bits per heavy atom. The van der Waals surface area contributed by atoms with Crippen LogP contribution in [0.3, 0.4) is 0 Å². The van der Waals surface area contributed by atoms with Gasteiger partial charge in [0.15, 0.2) is 6.10 Å². The zero-order chi connectivity index (χ0) is 36.1. The lowest BCUT2D eigenvalue weighted by Crippen LogP contribution is -2.29. The largest absolute Gasteiger partial charge is 0.472 e. The Labute approximate surface area is 299 Å². The van der Waals surface area contributed by atoms with E-state index in [4.69, 9.17) is 18.5 Å². The van der Waals surface area contributed by atoms with Gasteiger partial charge in [-0.05, 0) is 77.0 Å². The van der Waals surface area contributed by atoms with Crippen LogP contribution in [0.15, 0.2) is 48.6 Å². The Morgan fingerprint density at radius 3 is 1.57 bits per heavy atom. The molecule has 0 aromatic carbocycles. The third kappa shape index (κ3) is 35.6. The highest BCUT2D eigenvalue weighted by Crippen LogP contribution is 2.43. The highest BCUT2D eigenvalue weighted by molar-refractivity contribution is 7.47. The molecule has 49 heavy (non-hydrogen) atoms. The minimum absolute atomic E-state index is 0.0630. The number of carbonyl (C=O) groups is 2. The number of phosphoric ester groups is 1. The molecule has 0 aromatic heterocycles. The van der Waals surface area contributed by atoms with Crippen LogP contribution in [0.2, 0.25) is 0 Å². The van der Waals surface area contributed by atoms with Gasteiger partial charge in [0.1, 0.15) is 6.61 Å². The van der Waals surface area contributed by atoms with Crippen LogP contribution >= 0.6 is 7.82 Å². The SMILES string of the molecule is CCC/C=C\C/C=C\CCCCCCCC(=O)OC[C@H](COP(=O)(O)OCCC)OC(=O)CCCCCCC/C=C\C/C=C\CCCCC. The third-order valence-electron chi connectivity index (χ3n) is 7.75. The summed E-state index contributed by atoms with van der Waals surface area (Å²) < 4.78 is 32.9. The molecule has 0 aliphatic heterocycles. The fraction of sp³-hybridized carbons (Fsp3) is 0.750. The van der Waals surface area contributed by atoms with Gasteiger partial charge in [0.25, 0.3) is 0 Å². The van der Waals surface area contributed by atoms with Crippen LogP contribution in [0.1, 0.15) is 168 Å². The average molecular weight is 711 g/mol. The fourth-order valence-electron chi connectivity index (χ4n) is 4.86. The van der Waals surface area contributed by atoms with Crippen molar-refractivity contribution in [2.45, 2.75) is 175 Å². The maximum atomic E-state index is 12.5. The zero-order valence-corrected chi connectivity index (χ0v) is 32.2. The topological polar surface area (TPSA) is 108 Å². The summed E-state index contributed by atoms with van der Waals surface area (Å²) in [7, 11) is -4.30. The van der Waals surface area contributed by atoms with E-state index in [0.29, 0.717) is 12.8 Å². The minimum Gasteiger partial charge on any atom is -0.462 e. The normalized spacial score (nSPS) is 14.0. The molecule has 0 saturated carbocycles. The summed E-state index contributed by atoms with van der Waals surface area (Å²) in [4.78, 5) is 34.8. The summed E-state index contributed by atoms with van der Waals surface area (Å²) in [5, 5.41) is 0. The number of hydrogen-bond donors (Lipinski definition) is 1. The molecule has 0 bridgehead atoms. The zero-order valence-electron chi connectivity index (χ0n) is 31.3. The van der Waals surface area contributed by atoms with Gasteiger partial charge in [-0.25, -0.2) is 4.57 Å². The first-order valence-corrected chi connectivity index (χ1v) is 20.9. The van der Waals surface area contributed by atoms with Crippen molar-refractivity contribution in [2.24, 2.45) is 0 Å². The number of unbranched alkanes of at least 4 members (excludes halogenated alkanes) is 14.